The lowest BCUT2D eigenvalue weighted by atomic mass is 9.52. The summed E-state index contributed by atoms with van der Waals surface area (Å²) in [7, 11) is 1.26. The lowest BCUT2D eigenvalue weighted by Gasteiger charge is -2.51. The Morgan fingerprint density at radius 2 is 1.55 bits per heavy atom. The average Bonchev–Trinajstić information content (AvgIpc) is 2.49. The summed E-state index contributed by atoms with van der Waals surface area (Å²) in [6.45, 7) is 0. The van der Waals surface area contributed by atoms with E-state index in [-0.39, 0.29) is 16.6 Å². The largest absolute Gasteiger partial charge is 0.491 e. The summed E-state index contributed by atoms with van der Waals surface area (Å²) in [4.78, 5) is 11.2. The van der Waals surface area contributed by atoms with Crippen LogP contribution >= 0.6 is 0 Å². The molecule has 4 rings (SSSR count). The summed E-state index contributed by atoms with van der Waals surface area (Å²) in [5, 5.41) is 0. The molecule has 0 spiro atoms. The van der Waals surface area contributed by atoms with Crippen LogP contribution in [0, 0.1) is 17.0 Å². The van der Waals surface area contributed by atoms with Crippen molar-refractivity contribution in [1.82, 2.24) is 0 Å². The number of aldehydes is 1. The van der Waals surface area contributed by atoms with Gasteiger partial charge in [-0.1, -0.05) is 0 Å². The van der Waals surface area contributed by atoms with E-state index in [0.29, 0.717) is 5.56 Å². The Morgan fingerprint density at radius 3 is 1.95 bits per heavy atom. The van der Waals surface area contributed by atoms with Gasteiger partial charge in [-0.3, -0.25) is 0 Å². The molecule has 1 aromatic carbocycles. The SMILES string of the molecule is COc1c(F)cc(C23CCC(C=O)(CC2)CC3)cc1F. The number of hydrogen-bond acceptors (Lipinski definition) is 2. The van der Waals surface area contributed by atoms with Crippen LogP contribution in [0.1, 0.15) is 44.1 Å². The lowest BCUT2D eigenvalue weighted by Crippen LogP contribution is -2.45. The molecule has 0 atom stereocenters. The molecule has 3 aliphatic rings. The van der Waals surface area contributed by atoms with Crippen molar-refractivity contribution in [1.29, 1.82) is 0 Å². The number of carbonyl (C=O) groups is 1. The number of halogens is 2. The van der Waals surface area contributed by atoms with E-state index in [0.717, 1.165) is 44.8 Å². The summed E-state index contributed by atoms with van der Waals surface area (Å²) in [5.41, 5.74) is 0.372. The summed E-state index contributed by atoms with van der Waals surface area (Å²) >= 11 is 0. The third kappa shape index (κ3) is 1.85. The standard InChI is InChI=1S/C16H18F2O2/c1-20-14-12(17)8-11(9-13(14)18)16-5-2-15(10-19,3-6-16)4-7-16/h8-10H,2-7H2,1H3. The Labute approximate surface area is 117 Å². The van der Waals surface area contributed by atoms with Gasteiger partial charge in [0.05, 0.1) is 7.11 Å². The average molecular weight is 280 g/mol. The quantitative estimate of drug-likeness (QED) is 0.788. The maximum absolute atomic E-state index is 13.9. The normalized spacial score (nSPS) is 32.1. The van der Waals surface area contributed by atoms with E-state index in [1.165, 1.54) is 19.2 Å². The van der Waals surface area contributed by atoms with Gasteiger partial charge < -0.3 is 9.53 Å². The van der Waals surface area contributed by atoms with Gasteiger partial charge in [-0.05, 0) is 61.6 Å². The van der Waals surface area contributed by atoms with E-state index in [2.05, 4.69) is 0 Å². The highest BCUT2D eigenvalue weighted by molar-refractivity contribution is 5.60. The van der Waals surface area contributed by atoms with Gasteiger partial charge >= 0.3 is 0 Å². The Bertz CT molecular complexity index is 506. The van der Waals surface area contributed by atoms with Crippen molar-refractivity contribution in [3.8, 4) is 5.75 Å². The van der Waals surface area contributed by atoms with Crippen LogP contribution in [0.4, 0.5) is 8.78 Å². The van der Waals surface area contributed by atoms with Crippen LogP contribution in [0.2, 0.25) is 0 Å². The molecule has 0 aliphatic heterocycles. The first-order chi connectivity index (χ1) is 9.54. The van der Waals surface area contributed by atoms with Crippen LogP contribution in [0.15, 0.2) is 12.1 Å². The predicted octanol–water partition coefficient (Wildman–Crippen LogP) is 3.76. The maximum Gasteiger partial charge on any atom is 0.190 e. The van der Waals surface area contributed by atoms with Crippen LogP contribution in [0.25, 0.3) is 0 Å². The number of methoxy groups -OCH3 is 1. The molecule has 2 nitrogen and oxygen atoms in total. The second-order valence-electron chi connectivity index (χ2n) is 6.23. The smallest absolute Gasteiger partial charge is 0.190 e. The van der Waals surface area contributed by atoms with Crippen LogP contribution in [0.3, 0.4) is 0 Å². The molecule has 108 valence electrons. The van der Waals surface area contributed by atoms with Crippen molar-refractivity contribution in [3.05, 3.63) is 29.3 Å². The first-order valence-electron chi connectivity index (χ1n) is 7.04. The molecule has 3 fully saturated rings. The van der Waals surface area contributed by atoms with Gasteiger partial charge in [-0.15, -0.1) is 0 Å². The van der Waals surface area contributed by atoms with Crippen molar-refractivity contribution >= 4 is 6.29 Å². The van der Waals surface area contributed by atoms with E-state index in [1.807, 2.05) is 0 Å². The van der Waals surface area contributed by atoms with E-state index in [4.69, 9.17) is 4.74 Å². The molecule has 0 aromatic heterocycles. The molecule has 3 aliphatic carbocycles. The summed E-state index contributed by atoms with van der Waals surface area (Å²) in [5.74, 6) is -1.61. The van der Waals surface area contributed by atoms with Gasteiger partial charge in [0, 0.05) is 5.41 Å². The van der Waals surface area contributed by atoms with Crippen LogP contribution in [-0.2, 0) is 10.2 Å². The second kappa shape index (κ2) is 4.54. The summed E-state index contributed by atoms with van der Waals surface area (Å²) < 4.78 is 32.5. The molecule has 0 amide bonds. The molecule has 2 bridgehead atoms. The van der Waals surface area contributed by atoms with E-state index in [1.54, 1.807) is 0 Å². The van der Waals surface area contributed by atoms with Crippen molar-refractivity contribution in [2.24, 2.45) is 5.41 Å². The Kier molecular flexibility index (Phi) is 3.07. The molecule has 3 saturated carbocycles. The van der Waals surface area contributed by atoms with Crippen LogP contribution < -0.4 is 4.74 Å². The number of rotatable bonds is 3. The lowest BCUT2D eigenvalue weighted by molar-refractivity contribution is -0.122. The molecule has 0 unspecified atom stereocenters. The van der Waals surface area contributed by atoms with Gasteiger partial charge in [0.15, 0.2) is 17.4 Å². The Morgan fingerprint density at radius 1 is 1.05 bits per heavy atom. The summed E-state index contributed by atoms with van der Waals surface area (Å²) in [6.07, 6.45) is 6.05. The van der Waals surface area contributed by atoms with Gasteiger partial charge in [-0.2, -0.15) is 0 Å². The summed E-state index contributed by atoms with van der Waals surface area (Å²) in [6, 6.07) is 2.81. The fourth-order valence-electron chi connectivity index (χ4n) is 3.89. The third-order valence-electron chi connectivity index (χ3n) is 5.37. The fourth-order valence-corrected chi connectivity index (χ4v) is 3.89. The van der Waals surface area contributed by atoms with E-state index >= 15 is 0 Å². The highest BCUT2D eigenvalue weighted by atomic mass is 19.1. The van der Waals surface area contributed by atoms with Crippen molar-refractivity contribution in [2.45, 2.75) is 43.9 Å². The second-order valence-corrected chi connectivity index (χ2v) is 6.23. The maximum atomic E-state index is 13.9. The van der Waals surface area contributed by atoms with E-state index < -0.39 is 11.6 Å². The molecule has 0 N–H and O–H groups in total. The van der Waals surface area contributed by atoms with Crippen LogP contribution in [-0.4, -0.2) is 13.4 Å². The molecule has 0 radical (unpaired) electrons. The van der Waals surface area contributed by atoms with Gasteiger partial charge in [0.1, 0.15) is 6.29 Å². The predicted molar refractivity (Wildman–Crippen MR) is 70.8 cm³/mol. The van der Waals surface area contributed by atoms with Crippen LogP contribution in [0.5, 0.6) is 5.75 Å². The topological polar surface area (TPSA) is 26.3 Å². The molecule has 0 saturated heterocycles. The first kappa shape index (κ1) is 13.5. The monoisotopic (exact) mass is 280 g/mol. The highest BCUT2D eigenvalue weighted by Crippen LogP contribution is 2.57. The number of fused-ring (bicyclic) bond motifs is 3. The molecule has 4 heteroatoms. The minimum atomic E-state index is -0.644. The first-order valence-corrected chi connectivity index (χ1v) is 7.04. The zero-order valence-electron chi connectivity index (χ0n) is 11.5. The zero-order chi connectivity index (χ0) is 14.4. The molecule has 0 heterocycles. The highest BCUT2D eigenvalue weighted by Gasteiger charge is 2.49. The molecule has 20 heavy (non-hydrogen) atoms. The Hall–Kier alpha value is -1.45. The van der Waals surface area contributed by atoms with Gasteiger partial charge in [-0.25, -0.2) is 8.78 Å². The van der Waals surface area contributed by atoms with Crippen molar-refractivity contribution < 1.29 is 18.3 Å². The van der Waals surface area contributed by atoms with Crippen molar-refractivity contribution in [3.63, 3.8) is 0 Å². The minimum Gasteiger partial charge on any atom is -0.491 e. The molecule has 1 aromatic rings. The molecular weight excluding hydrogens is 262 g/mol. The van der Waals surface area contributed by atoms with Crippen molar-refractivity contribution in [2.75, 3.05) is 7.11 Å². The van der Waals surface area contributed by atoms with E-state index in [9.17, 15) is 13.6 Å². The number of ether oxygens (including phenoxy) is 1. The molecular formula is C16H18F2O2. The third-order valence-corrected chi connectivity index (χ3v) is 5.37. The van der Waals surface area contributed by atoms with Gasteiger partial charge in [0.25, 0.3) is 0 Å². The number of benzene rings is 1. The van der Waals surface area contributed by atoms with Gasteiger partial charge in [0.2, 0.25) is 0 Å². The minimum absolute atomic E-state index is 0.168. The Balaban J connectivity index is 1.97. The number of hydrogen-bond donors (Lipinski definition) is 0. The fraction of sp³-hybridized carbons (Fsp3) is 0.562. The number of carbonyl (C=O) groups excluding carboxylic acids is 1. The zero-order valence-corrected chi connectivity index (χ0v) is 11.5.